The van der Waals surface area contributed by atoms with E-state index in [-0.39, 0.29) is 12.8 Å². The molecule has 0 aliphatic carbocycles. The van der Waals surface area contributed by atoms with E-state index in [0.29, 0.717) is 12.8 Å². The fraction of sp³-hybridized carbons (Fsp3) is 0.300. The van der Waals surface area contributed by atoms with Crippen LogP contribution < -0.4 is 0 Å². The molecule has 2 aromatic carbocycles. The Morgan fingerprint density at radius 3 is 1.46 bits per heavy atom. The molecule has 0 aliphatic rings. The van der Waals surface area contributed by atoms with Crippen LogP contribution in [-0.2, 0) is 22.4 Å². The standard InChI is InChI=1S/C20H22O4/c1-13-3-7-17(15(11-13)5-9-19(21)22)18-8-4-14(2)12-16(18)6-10-20(23)24/h3-4,7-8,11-12H,5-6,9-10H2,1-2H3,(H,21,22)(H,23,24). The van der Waals surface area contributed by atoms with Gasteiger partial charge in [-0.3, -0.25) is 9.59 Å². The van der Waals surface area contributed by atoms with Gasteiger partial charge in [-0.25, -0.2) is 0 Å². The van der Waals surface area contributed by atoms with Gasteiger partial charge in [-0.15, -0.1) is 0 Å². The quantitative estimate of drug-likeness (QED) is 0.806. The van der Waals surface area contributed by atoms with Gasteiger partial charge in [0.05, 0.1) is 0 Å². The van der Waals surface area contributed by atoms with Crippen LogP contribution in [0, 0.1) is 13.8 Å². The van der Waals surface area contributed by atoms with Crippen molar-refractivity contribution in [3.8, 4) is 11.1 Å². The summed E-state index contributed by atoms with van der Waals surface area (Å²) in [6.07, 6.45) is 1.07. The Balaban J connectivity index is 2.46. The van der Waals surface area contributed by atoms with Gasteiger partial charge < -0.3 is 10.2 Å². The fourth-order valence-corrected chi connectivity index (χ4v) is 2.87. The van der Waals surface area contributed by atoms with E-state index in [4.69, 9.17) is 10.2 Å². The molecule has 0 fully saturated rings. The third-order valence-corrected chi connectivity index (χ3v) is 4.03. The van der Waals surface area contributed by atoms with Crippen LogP contribution in [0.25, 0.3) is 11.1 Å². The van der Waals surface area contributed by atoms with E-state index in [2.05, 4.69) is 0 Å². The van der Waals surface area contributed by atoms with Crippen molar-refractivity contribution in [3.63, 3.8) is 0 Å². The number of hydrogen-bond acceptors (Lipinski definition) is 2. The van der Waals surface area contributed by atoms with Crippen molar-refractivity contribution in [2.45, 2.75) is 39.5 Å². The number of carboxylic acid groups (broad SMARTS) is 2. The zero-order valence-corrected chi connectivity index (χ0v) is 14.0. The first-order valence-corrected chi connectivity index (χ1v) is 8.00. The minimum absolute atomic E-state index is 0.0762. The molecule has 24 heavy (non-hydrogen) atoms. The number of carboxylic acids is 2. The molecule has 0 saturated carbocycles. The summed E-state index contributed by atoms with van der Waals surface area (Å²) in [5.41, 5.74) is 6.11. The second-order valence-corrected chi connectivity index (χ2v) is 6.11. The molecule has 0 unspecified atom stereocenters. The highest BCUT2D eigenvalue weighted by atomic mass is 16.4. The summed E-state index contributed by atoms with van der Waals surface area (Å²) < 4.78 is 0. The zero-order valence-electron chi connectivity index (χ0n) is 14.0. The SMILES string of the molecule is Cc1ccc(-c2ccc(C)cc2CCC(=O)O)c(CCC(=O)O)c1. The molecular weight excluding hydrogens is 304 g/mol. The summed E-state index contributed by atoms with van der Waals surface area (Å²) in [5.74, 6) is -1.64. The van der Waals surface area contributed by atoms with Crippen LogP contribution in [-0.4, -0.2) is 22.2 Å². The van der Waals surface area contributed by atoms with E-state index in [9.17, 15) is 9.59 Å². The lowest BCUT2D eigenvalue weighted by atomic mass is 9.90. The fourth-order valence-electron chi connectivity index (χ4n) is 2.87. The molecule has 0 spiro atoms. The number of carbonyl (C=O) groups is 2. The third kappa shape index (κ3) is 4.69. The molecule has 0 radical (unpaired) electrons. The largest absolute Gasteiger partial charge is 0.481 e. The van der Waals surface area contributed by atoms with Crippen molar-refractivity contribution in [1.82, 2.24) is 0 Å². The lowest BCUT2D eigenvalue weighted by Gasteiger charge is -2.15. The monoisotopic (exact) mass is 326 g/mol. The van der Waals surface area contributed by atoms with Crippen molar-refractivity contribution in [1.29, 1.82) is 0 Å². The predicted molar refractivity (Wildman–Crippen MR) is 93.3 cm³/mol. The summed E-state index contributed by atoms with van der Waals surface area (Å²) in [6.45, 7) is 3.96. The third-order valence-electron chi connectivity index (χ3n) is 4.03. The van der Waals surface area contributed by atoms with Crippen molar-refractivity contribution in [2.24, 2.45) is 0 Å². The Labute approximate surface area is 141 Å². The van der Waals surface area contributed by atoms with Crippen molar-refractivity contribution in [3.05, 3.63) is 58.7 Å². The summed E-state index contributed by atoms with van der Waals surface area (Å²) in [6, 6.07) is 12.0. The van der Waals surface area contributed by atoms with Crippen molar-refractivity contribution < 1.29 is 19.8 Å². The minimum atomic E-state index is -0.822. The van der Waals surface area contributed by atoms with Crippen LogP contribution in [0.3, 0.4) is 0 Å². The van der Waals surface area contributed by atoms with Crippen molar-refractivity contribution >= 4 is 11.9 Å². The molecule has 0 amide bonds. The summed E-state index contributed by atoms with van der Waals surface area (Å²) >= 11 is 0. The highest BCUT2D eigenvalue weighted by Gasteiger charge is 2.12. The average molecular weight is 326 g/mol. The Morgan fingerprint density at radius 1 is 0.750 bits per heavy atom. The normalized spacial score (nSPS) is 10.6. The molecule has 0 heterocycles. The molecule has 2 aromatic rings. The Bertz CT molecular complexity index is 697. The minimum Gasteiger partial charge on any atom is -0.481 e. The van der Waals surface area contributed by atoms with Crippen molar-refractivity contribution in [2.75, 3.05) is 0 Å². The number of hydrogen-bond donors (Lipinski definition) is 2. The van der Waals surface area contributed by atoms with Gasteiger partial charge in [0.25, 0.3) is 0 Å². The van der Waals surface area contributed by atoms with Crippen LogP contribution in [0.5, 0.6) is 0 Å². The Morgan fingerprint density at radius 2 is 1.12 bits per heavy atom. The number of aliphatic carboxylic acids is 2. The van der Waals surface area contributed by atoms with Crippen LogP contribution in [0.15, 0.2) is 36.4 Å². The molecule has 0 atom stereocenters. The van der Waals surface area contributed by atoms with Gasteiger partial charge in [-0.2, -0.15) is 0 Å². The van der Waals surface area contributed by atoms with E-state index >= 15 is 0 Å². The van der Waals surface area contributed by atoms with Gasteiger partial charge in [-0.1, -0.05) is 47.5 Å². The second-order valence-electron chi connectivity index (χ2n) is 6.11. The average Bonchev–Trinajstić information content (AvgIpc) is 2.51. The number of rotatable bonds is 7. The summed E-state index contributed by atoms with van der Waals surface area (Å²) in [5, 5.41) is 18.0. The van der Waals surface area contributed by atoms with Gasteiger partial charge in [0.2, 0.25) is 0 Å². The maximum atomic E-state index is 10.9. The molecule has 4 nitrogen and oxygen atoms in total. The van der Waals surface area contributed by atoms with Gasteiger partial charge in [-0.05, 0) is 48.9 Å². The van der Waals surface area contributed by atoms with E-state index in [0.717, 1.165) is 33.4 Å². The topological polar surface area (TPSA) is 74.6 Å². The van der Waals surface area contributed by atoms with Gasteiger partial charge in [0.1, 0.15) is 0 Å². The summed E-state index contributed by atoms with van der Waals surface area (Å²) in [4.78, 5) is 21.9. The lowest BCUT2D eigenvalue weighted by molar-refractivity contribution is -0.138. The van der Waals surface area contributed by atoms with Crippen LogP contribution >= 0.6 is 0 Å². The molecule has 0 bridgehead atoms. The van der Waals surface area contributed by atoms with Gasteiger partial charge in [0, 0.05) is 12.8 Å². The molecular formula is C20H22O4. The summed E-state index contributed by atoms with van der Waals surface area (Å²) in [7, 11) is 0. The predicted octanol–water partition coefficient (Wildman–Crippen LogP) is 4.00. The van der Waals surface area contributed by atoms with Gasteiger partial charge in [0.15, 0.2) is 0 Å². The Kier molecular flexibility index (Phi) is 5.74. The van der Waals surface area contributed by atoms with E-state index < -0.39 is 11.9 Å². The number of aryl methyl sites for hydroxylation is 4. The maximum Gasteiger partial charge on any atom is 0.303 e. The molecule has 2 N–H and O–H groups in total. The molecule has 126 valence electrons. The first-order valence-electron chi connectivity index (χ1n) is 8.00. The van der Waals surface area contributed by atoms with Gasteiger partial charge >= 0.3 is 11.9 Å². The van der Waals surface area contributed by atoms with E-state index in [1.165, 1.54) is 0 Å². The van der Waals surface area contributed by atoms with E-state index in [1.54, 1.807) is 0 Å². The number of benzene rings is 2. The lowest BCUT2D eigenvalue weighted by Crippen LogP contribution is -2.02. The highest BCUT2D eigenvalue weighted by Crippen LogP contribution is 2.30. The van der Waals surface area contributed by atoms with Crippen LogP contribution in [0.2, 0.25) is 0 Å². The molecule has 0 aromatic heterocycles. The second kappa shape index (κ2) is 7.77. The Hall–Kier alpha value is -2.62. The van der Waals surface area contributed by atoms with E-state index in [1.807, 2.05) is 50.2 Å². The molecule has 0 saturated heterocycles. The molecule has 2 rings (SSSR count). The van der Waals surface area contributed by atoms with Crippen LogP contribution in [0.4, 0.5) is 0 Å². The highest BCUT2D eigenvalue weighted by molar-refractivity contribution is 5.74. The zero-order chi connectivity index (χ0) is 17.7. The molecule has 4 heteroatoms. The first-order chi connectivity index (χ1) is 11.4. The smallest absolute Gasteiger partial charge is 0.303 e. The first kappa shape index (κ1) is 17.7. The maximum absolute atomic E-state index is 10.9. The molecule has 0 aliphatic heterocycles. The van der Waals surface area contributed by atoms with Crippen LogP contribution in [0.1, 0.15) is 35.1 Å².